The van der Waals surface area contributed by atoms with Gasteiger partial charge in [-0.15, -0.1) is 0 Å². The maximum absolute atomic E-state index is 6.69. The molecule has 3 nitrogen and oxygen atoms in total. The van der Waals surface area contributed by atoms with Crippen molar-refractivity contribution in [1.29, 1.82) is 0 Å². The Bertz CT molecular complexity index is 2870. The Labute approximate surface area is 282 Å². The molecule has 49 heavy (non-hydrogen) atoms. The van der Waals surface area contributed by atoms with Gasteiger partial charge in [-0.05, 0) is 62.7 Å². The van der Waals surface area contributed by atoms with Crippen LogP contribution in [-0.2, 0) is 0 Å². The van der Waals surface area contributed by atoms with E-state index in [1.807, 2.05) is 18.2 Å². The lowest BCUT2D eigenvalue weighted by Gasteiger charge is -2.11. The van der Waals surface area contributed by atoms with Gasteiger partial charge in [0.2, 0.25) is 0 Å². The zero-order valence-corrected chi connectivity index (χ0v) is 26.5. The van der Waals surface area contributed by atoms with Crippen LogP contribution in [0.5, 0.6) is 0 Å². The average Bonchev–Trinajstić information content (AvgIpc) is 3.56. The number of hydrogen-bond acceptors (Lipinski definition) is 3. The number of aromatic nitrogens is 2. The van der Waals surface area contributed by atoms with Gasteiger partial charge in [0, 0.05) is 32.7 Å². The highest BCUT2D eigenvalue weighted by atomic mass is 16.3. The first kappa shape index (κ1) is 27.5. The molecule has 228 valence electrons. The van der Waals surface area contributed by atoms with E-state index in [0.29, 0.717) is 5.82 Å². The molecule has 2 aromatic heterocycles. The molecule has 0 radical (unpaired) electrons. The monoisotopic (exact) mass is 624 g/mol. The van der Waals surface area contributed by atoms with Crippen molar-refractivity contribution in [2.45, 2.75) is 0 Å². The molecule has 10 aromatic rings. The molecule has 0 unspecified atom stereocenters. The van der Waals surface area contributed by atoms with E-state index in [1.54, 1.807) is 0 Å². The Kier molecular flexibility index (Phi) is 6.18. The van der Waals surface area contributed by atoms with Gasteiger partial charge in [-0.2, -0.15) is 0 Å². The summed E-state index contributed by atoms with van der Waals surface area (Å²) in [5, 5.41) is 7.73. The smallest absolute Gasteiger partial charge is 0.161 e. The first-order valence-electron chi connectivity index (χ1n) is 16.6. The van der Waals surface area contributed by atoms with Gasteiger partial charge in [0.15, 0.2) is 5.82 Å². The molecule has 0 saturated heterocycles. The second-order valence-electron chi connectivity index (χ2n) is 12.5. The number of rotatable bonds is 4. The lowest BCUT2D eigenvalue weighted by Crippen LogP contribution is -1.95. The van der Waals surface area contributed by atoms with Gasteiger partial charge in [-0.25, -0.2) is 9.97 Å². The van der Waals surface area contributed by atoms with Gasteiger partial charge in [0.25, 0.3) is 0 Å². The molecule has 10 rings (SSSR count). The van der Waals surface area contributed by atoms with Crippen LogP contribution in [0.4, 0.5) is 0 Å². The van der Waals surface area contributed by atoms with Crippen LogP contribution in [0.15, 0.2) is 174 Å². The van der Waals surface area contributed by atoms with Crippen LogP contribution in [0, 0.1) is 0 Å². The molecular weight excluding hydrogens is 597 g/mol. The maximum atomic E-state index is 6.69. The molecule has 8 aromatic carbocycles. The fourth-order valence-electron chi connectivity index (χ4n) is 7.30. The Morgan fingerprint density at radius 3 is 1.92 bits per heavy atom. The minimum Gasteiger partial charge on any atom is -0.455 e. The largest absolute Gasteiger partial charge is 0.455 e. The summed E-state index contributed by atoms with van der Waals surface area (Å²) in [7, 11) is 0. The summed E-state index contributed by atoms with van der Waals surface area (Å²) in [6.45, 7) is 0. The van der Waals surface area contributed by atoms with Crippen molar-refractivity contribution in [1.82, 2.24) is 9.97 Å². The highest BCUT2D eigenvalue weighted by molar-refractivity contribution is 6.22. The predicted octanol–water partition coefficient (Wildman–Crippen LogP) is 12.5. The van der Waals surface area contributed by atoms with Crippen molar-refractivity contribution in [3.05, 3.63) is 170 Å². The molecular formula is C46H28N2O. The van der Waals surface area contributed by atoms with Crippen molar-refractivity contribution >= 4 is 54.4 Å². The van der Waals surface area contributed by atoms with E-state index in [1.165, 1.54) is 21.9 Å². The van der Waals surface area contributed by atoms with Crippen LogP contribution in [0.3, 0.4) is 0 Å². The fourth-order valence-corrected chi connectivity index (χ4v) is 7.30. The Morgan fingerprint density at radius 1 is 0.388 bits per heavy atom. The summed E-state index contributed by atoms with van der Waals surface area (Å²) in [6, 6.07) is 59.7. The molecule has 0 atom stereocenters. The molecule has 0 bridgehead atoms. The summed E-state index contributed by atoms with van der Waals surface area (Å²) in [6.07, 6.45) is 0. The van der Waals surface area contributed by atoms with E-state index >= 15 is 0 Å². The molecule has 0 aliphatic rings. The van der Waals surface area contributed by atoms with E-state index in [4.69, 9.17) is 14.4 Å². The fraction of sp³-hybridized carbons (Fsp3) is 0. The van der Waals surface area contributed by atoms with Crippen molar-refractivity contribution < 1.29 is 4.42 Å². The number of para-hydroxylation sites is 1. The first-order valence-corrected chi connectivity index (χ1v) is 16.6. The topological polar surface area (TPSA) is 38.9 Å². The van der Waals surface area contributed by atoms with Crippen LogP contribution >= 0.6 is 0 Å². The third-order valence-corrected chi connectivity index (χ3v) is 9.67. The molecule has 3 heteroatoms. The Hall–Kier alpha value is -6.58. The van der Waals surface area contributed by atoms with Crippen molar-refractivity contribution in [3.8, 4) is 44.9 Å². The highest BCUT2D eigenvalue weighted by Crippen LogP contribution is 2.43. The van der Waals surface area contributed by atoms with Gasteiger partial charge in [0.05, 0.1) is 11.2 Å². The van der Waals surface area contributed by atoms with Gasteiger partial charge in [-0.1, -0.05) is 146 Å². The Balaban J connectivity index is 1.21. The second-order valence-corrected chi connectivity index (χ2v) is 12.5. The second kappa shape index (κ2) is 11.0. The van der Waals surface area contributed by atoms with E-state index in [-0.39, 0.29) is 0 Å². The van der Waals surface area contributed by atoms with Crippen molar-refractivity contribution in [3.63, 3.8) is 0 Å². The molecule has 0 aliphatic heterocycles. The number of benzene rings is 8. The molecule has 0 N–H and O–H groups in total. The zero-order valence-electron chi connectivity index (χ0n) is 26.5. The summed E-state index contributed by atoms with van der Waals surface area (Å²) in [4.78, 5) is 10.5. The maximum Gasteiger partial charge on any atom is 0.161 e. The number of hydrogen-bond donors (Lipinski definition) is 0. The molecule has 0 amide bonds. The van der Waals surface area contributed by atoms with Gasteiger partial charge < -0.3 is 4.42 Å². The Morgan fingerprint density at radius 2 is 1.06 bits per heavy atom. The van der Waals surface area contributed by atoms with Gasteiger partial charge in [-0.3, -0.25) is 0 Å². The minimum absolute atomic E-state index is 0.678. The van der Waals surface area contributed by atoms with Crippen molar-refractivity contribution in [2.24, 2.45) is 0 Å². The highest BCUT2D eigenvalue weighted by Gasteiger charge is 2.20. The normalized spacial score (nSPS) is 11.7. The molecule has 2 heterocycles. The average molecular weight is 625 g/mol. The van der Waals surface area contributed by atoms with Crippen LogP contribution in [-0.4, -0.2) is 9.97 Å². The molecule has 0 fully saturated rings. The van der Waals surface area contributed by atoms with E-state index in [2.05, 4.69) is 152 Å². The van der Waals surface area contributed by atoms with Crippen LogP contribution < -0.4 is 0 Å². The number of nitrogens with zero attached hydrogens (tertiary/aromatic N) is 2. The van der Waals surface area contributed by atoms with Crippen LogP contribution in [0.2, 0.25) is 0 Å². The van der Waals surface area contributed by atoms with Crippen LogP contribution in [0.25, 0.3) is 99.3 Å². The zero-order chi connectivity index (χ0) is 32.3. The first-order chi connectivity index (χ1) is 24.3. The third-order valence-electron chi connectivity index (χ3n) is 9.67. The number of furan rings is 1. The van der Waals surface area contributed by atoms with E-state index in [0.717, 1.165) is 71.6 Å². The lowest BCUT2D eigenvalue weighted by molar-refractivity contribution is 0.673. The van der Waals surface area contributed by atoms with E-state index in [9.17, 15) is 0 Å². The quantitative estimate of drug-likeness (QED) is 0.196. The predicted molar refractivity (Wildman–Crippen MR) is 204 cm³/mol. The summed E-state index contributed by atoms with van der Waals surface area (Å²) in [5.74, 6) is 0.678. The lowest BCUT2D eigenvalue weighted by atomic mass is 9.93. The molecule has 0 saturated carbocycles. The van der Waals surface area contributed by atoms with Crippen LogP contribution in [0.1, 0.15) is 0 Å². The standard InChI is InChI=1S/C46H28N2O/c1-2-11-29(12-3-1)31-21-24-32(25-22-31)39-28-40-43-38(18-10-20-42(43)49-45(40)36-16-7-6-15-35(36)39)46-47-41-19-9-8-17-37(41)44(48-46)34-26-23-30-13-4-5-14-33(30)27-34/h1-28H. The van der Waals surface area contributed by atoms with E-state index < -0.39 is 0 Å². The minimum atomic E-state index is 0.678. The van der Waals surface area contributed by atoms with Crippen molar-refractivity contribution in [2.75, 3.05) is 0 Å². The summed E-state index contributed by atoms with van der Waals surface area (Å²) < 4.78 is 6.69. The molecule has 0 aliphatic carbocycles. The van der Waals surface area contributed by atoms with Gasteiger partial charge in [0.1, 0.15) is 11.2 Å². The summed E-state index contributed by atoms with van der Waals surface area (Å²) >= 11 is 0. The molecule has 0 spiro atoms. The third kappa shape index (κ3) is 4.51. The number of fused-ring (bicyclic) bond motifs is 7. The van der Waals surface area contributed by atoms with Gasteiger partial charge >= 0.3 is 0 Å². The summed E-state index contributed by atoms with van der Waals surface area (Å²) in [5.41, 5.74) is 10.3. The SMILES string of the molecule is c1ccc(-c2ccc(-c3cc4c(oc5cccc(-c6nc(-c7ccc8ccccc8c7)c7ccccc7n6)c54)c4ccccc34)cc2)cc1.